The molecule has 0 bridgehead atoms. The third-order valence-electron chi connectivity index (χ3n) is 3.73. The Bertz CT molecular complexity index is 688. The molecule has 0 spiro atoms. The number of fused-ring (bicyclic) bond motifs is 1. The largest absolute Gasteiger partial charge is 0.508 e. The average Bonchev–Trinajstić information content (AvgIpc) is 2.45. The number of rotatable bonds is 2. The Balaban J connectivity index is 2.15. The molecule has 2 N–H and O–H groups in total. The van der Waals surface area contributed by atoms with Crippen LogP contribution in [0.4, 0.5) is 0 Å². The van der Waals surface area contributed by atoms with Crippen LogP contribution in [0, 0.1) is 0 Å². The van der Waals surface area contributed by atoms with Crippen LogP contribution in [-0.4, -0.2) is 18.8 Å². The number of nitrogens with one attached hydrogen (secondary N) is 1. The van der Waals surface area contributed by atoms with E-state index in [9.17, 15) is 5.11 Å². The lowest BCUT2D eigenvalue weighted by Gasteiger charge is -2.29. The highest BCUT2D eigenvalue weighted by Gasteiger charge is 2.25. The smallest absolute Gasteiger partial charge is 0.142 e. The Labute approximate surface area is 133 Å². The van der Waals surface area contributed by atoms with Gasteiger partial charge < -0.3 is 15.2 Å². The first-order valence-electron chi connectivity index (χ1n) is 6.68. The first kappa shape index (κ1) is 14.5. The Morgan fingerprint density at radius 2 is 2.00 bits per heavy atom. The van der Waals surface area contributed by atoms with Gasteiger partial charge in [0.2, 0.25) is 0 Å². The second kappa shape index (κ2) is 5.76. The van der Waals surface area contributed by atoms with E-state index in [0.717, 1.165) is 29.7 Å². The summed E-state index contributed by atoms with van der Waals surface area (Å²) in [6, 6.07) is 8.91. The van der Waals surface area contributed by atoms with Crippen molar-refractivity contribution < 1.29 is 9.84 Å². The van der Waals surface area contributed by atoms with Crippen molar-refractivity contribution in [3.05, 3.63) is 57.1 Å². The van der Waals surface area contributed by atoms with Gasteiger partial charge in [0.15, 0.2) is 0 Å². The topological polar surface area (TPSA) is 41.5 Å². The predicted molar refractivity (Wildman–Crippen MR) is 84.7 cm³/mol. The van der Waals surface area contributed by atoms with Crippen LogP contribution in [0.2, 0.25) is 10.0 Å². The maximum Gasteiger partial charge on any atom is 0.142 e. The number of hydrogen-bond acceptors (Lipinski definition) is 3. The number of aromatic hydroxyl groups is 1. The van der Waals surface area contributed by atoms with Gasteiger partial charge in [0.25, 0.3) is 0 Å². The molecular weight excluding hydrogens is 309 g/mol. The van der Waals surface area contributed by atoms with Crippen molar-refractivity contribution in [1.82, 2.24) is 5.32 Å². The van der Waals surface area contributed by atoms with Gasteiger partial charge in [-0.2, -0.15) is 0 Å². The Kier molecular flexibility index (Phi) is 3.98. The fourth-order valence-electron chi connectivity index (χ4n) is 2.84. The normalized spacial score (nSPS) is 17.4. The minimum Gasteiger partial charge on any atom is -0.508 e. The summed E-state index contributed by atoms with van der Waals surface area (Å²) in [6.45, 7) is 0.814. The van der Waals surface area contributed by atoms with Gasteiger partial charge in [-0.15, -0.1) is 0 Å². The molecule has 0 aromatic heterocycles. The van der Waals surface area contributed by atoms with Gasteiger partial charge >= 0.3 is 0 Å². The van der Waals surface area contributed by atoms with Crippen LogP contribution in [0.25, 0.3) is 0 Å². The third kappa shape index (κ3) is 2.69. The van der Waals surface area contributed by atoms with Crippen LogP contribution < -0.4 is 10.1 Å². The van der Waals surface area contributed by atoms with Crippen molar-refractivity contribution >= 4 is 23.2 Å². The zero-order valence-corrected chi connectivity index (χ0v) is 13.0. The maximum absolute atomic E-state index is 9.65. The Hall–Kier alpha value is -1.42. The number of ether oxygens (including phenoxy) is 1. The van der Waals surface area contributed by atoms with Crippen LogP contribution in [0.3, 0.4) is 0 Å². The molecule has 5 heteroatoms. The van der Waals surface area contributed by atoms with Crippen molar-refractivity contribution in [2.75, 3.05) is 13.7 Å². The van der Waals surface area contributed by atoms with Crippen LogP contribution >= 0.6 is 23.2 Å². The van der Waals surface area contributed by atoms with Gasteiger partial charge in [-0.1, -0.05) is 29.3 Å². The van der Waals surface area contributed by atoms with Gasteiger partial charge in [-0.3, -0.25) is 0 Å². The van der Waals surface area contributed by atoms with Crippen LogP contribution in [0.15, 0.2) is 30.3 Å². The molecule has 1 aliphatic heterocycles. The van der Waals surface area contributed by atoms with Gasteiger partial charge in [0.1, 0.15) is 11.5 Å². The number of phenols is 1. The van der Waals surface area contributed by atoms with Crippen LogP contribution in [0.1, 0.15) is 22.7 Å². The lowest BCUT2D eigenvalue weighted by atomic mass is 9.89. The van der Waals surface area contributed by atoms with E-state index in [1.165, 1.54) is 0 Å². The summed E-state index contributed by atoms with van der Waals surface area (Å²) in [5.74, 6) is 0.907. The highest BCUT2D eigenvalue weighted by atomic mass is 35.5. The zero-order chi connectivity index (χ0) is 15.0. The van der Waals surface area contributed by atoms with E-state index in [1.807, 2.05) is 18.2 Å². The lowest BCUT2D eigenvalue weighted by molar-refractivity contribution is 0.402. The number of benzene rings is 2. The fraction of sp³-hybridized carbons (Fsp3) is 0.250. The second-order valence-electron chi connectivity index (χ2n) is 5.03. The van der Waals surface area contributed by atoms with E-state index >= 15 is 0 Å². The van der Waals surface area contributed by atoms with Crippen molar-refractivity contribution in [3.63, 3.8) is 0 Å². The lowest BCUT2D eigenvalue weighted by Crippen LogP contribution is -2.30. The molecule has 1 atom stereocenters. The highest BCUT2D eigenvalue weighted by molar-refractivity contribution is 6.35. The molecule has 0 saturated carbocycles. The van der Waals surface area contributed by atoms with Gasteiger partial charge in [-0.25, -0.2) is 0 Å². The molecule has 3 nitrogen and oxygen atoms in total. The summed E-state index contributed by atoms with van der Waals surface area (Å²) in [5.41, 5.74) is 3.13. The zero-order valence-electron chi connectivity index (χ0n) is 11.5. The summed E-state index contributed by atoms with van der Waals surface area (Å²) in [4.78, 5) is 0. The van der Waals surface area contributed by atoms with Crippen LogP contribution in [0.5, 0.6) is 11.5 Å². The summed E-state index contributed by atoms with van der Waals surface area (Å²) >= 11 is 12.4. The molecule has 0 saturated heterocycles. The van der Waals surface area contributed by atoms with Crippen LogP contribution in [-0.2, 0) is 6.42 Å². The molecule has 0 aliphatic carbocycles. The van der Waals surface area contributed by atoms with E-state index < -0.39 is 0 Å². The third-order valence-corrected chi connectivity index (χ3v) is 4.23. The SMILES string of the molecule is COc1c(Cl)cc(Cl)cc1C1NCCc2cc(O)ccc21. The molecule has 3 rings (SSSR count). The predicted octanol–water partition coefficient (Wildman–Crippen LogP) is 3.94. The summed E-state index contributed by atoms with van der Waals surface area (Å²) in [5, 5.41) is 14.2. The molecule has 0 amide bonds. The minimum atomic E-state index is -0.0551. The maximum atomic E-state index is 9.65. The molecule has 110 valence electrons. The van der Waals surface area contributed by atoms with Gasteiger partial charge in [0.05, 0.1) is 18.2 Å². The monoisotopic (exact) mass is 323 g/mol. The first-order valence-corrected chi connectivity index (χ1v) is 7.44. The van der Waals surface area contributed by atoms with E-state index in [4.69, 9.17) is 27.9 Å². The standard InChI is InChI=1S/C16H15Cl2NO2/c1-21-16-13(7-10(17)8-14(16)18)15-12-3-2-11(20)6-9(12)4-5-19-15/h2-3,6-8,15,19-20H,4-5H2,1H3. The molecule has 2 aromatic carbocycles. The van der Waals surface area contributed by atoms with Crippen molar-refractivity contribution in [2.45, 2.75) is 12.5 Å². The average molecular weight is 324 g/mol. The summed E-state index contributed by atoms with van der Waals surface area (Å²) in [7, 11) is 1.60. The molecule has 0 fully saturated rings. The first-order chi connectivity index (χ1) is 10.1. The molecular formula is C16H15Cl2NO2. The summed E-state index contributed by atoms with van der Waals surface area (Å²) < 4.78 is 5.44. The van der Waals surface area contributed by atoms with Gasteiger partial charge in [-0.05, 0) is 41.8 Å². The second-order valence-corrected chi connectivity index (χ2v) is 5.87. The number of methoxy groups -OCH3 is 1. The number of halogens is 2. The minimum absolute atomic E-state index is 0.0551. The van der Waals surface area contributed by atoms with E-state index in [-0.39, 0.29) is 11.8 Å². The Morgan fingerprint density at radius 3 is 2.76 bits per heavy atom. The molecule has 2 aromatic rings. The van der Waals surface area contributed by atoms with E-state index in [1.54, 1.807) is 19.2 Å². The highest BCUT2D eigenvalue weighted by Crippen LogP contribution is 2.40. The van der Waals surface area contributed by atoms with E-state index in [2.05, 4.69) is 5.32 Å². The number of hydrogen-bond donors (Lipinski definition) is 2. The molecule has 1 aliphatic rings. The Morgan fingerprint density at radius 1 is 1.19 bits per heavy atom. The quantitative estimate of drug-likeness (QED) is 0.879. The molecule has 1 unspecified atom stereocenters. The van der Waals surface area contributed by atoms with Crippen molar-refractivity contribution in [3.8, 4) is 11.5 Å². The van der Waals surface area contributed by atoms with Crippen molar-refractivity contribution in [2.24, 2.45) is 0 Å². The fourth-order valence-corrected chi connectivity index (χ4v) is 3.43. The van der Waals surface area contributed by atoms with Gasteiger partial charge in [0, 0.05) is 17.1 Å². The summed E-state index contributed by atoms with van der Waals surface area (Å²) in [6.07, 6.45) is 0.872. The molecule has 1 heterocycles. The number of phenolic OH excluding ortho intramolecular Hbond substituents is 1. The van der Waals surface area contributed by atoms with Crippen molar-refractivity contribution in [1.29, 1.82) is 0 Å². The molecule has 0 radical (unpaired) electrons. The molecule has 21 heavy (non-hydrogen) atoms. The van der Waals surface area contributed by atoms with E-state index in [0.29, 0.717) is 15.8 Å².